The van der Waals surface area contributed by atoms with Crippen LogP contribution in [0.5, 0.6) is 0 Å². The molecule has 0 spiro atoms. The first-order valence-corrected chi connectivity index (χ1v) is 8.23. The molecule has 1 aliphatic heterocycles. The number of hydrogen-bond donors (Lipinski definition) is 1. The van der Waals surface area contributed by atoms with Crippen molar-refractivity contribution in [2.24, 2.45) is 0 Å². The van der Waals surface area contributed by atoms with Crippen LogP contribution in [0.2, 0.25) is 0 Å². The van der Waals surface area contributed by atoms with E-state index in [2.05, 4.69) is 5.32 Å². The molecule has 0 aromatic heterocycles. The van der Waals surface area contributed by atoms with Crippen LogP contribution in [0, 0.1) is 11.6 Å². The second kappa shape index (κ2) is 6.06. The summed E-state index contributed by atoms with van der Waals surface area (Å²) < 4.78 is 52.3. The third-order valence-corrected chi connectivity index (χ3v) is 6.00. The molecule has 0 bridgehead atoms. The fraction of sp³-hybridized carbons (Fsp3) is 0.538. The average Bonchev–Trinajstić information content (AvgIpc) is 3.26. The van der Waals surface area contributed by atoms with Gasteiger partial charge >= 0.3 is 0 Å². The lowest BCUT2D eigenvalue weighted by molar-refractivity contribution is 0.539. The fourth-order valence-corrected chi connectivity index (χ4v) is 4.16. The predicted molar refractivity (Wildman–Crippen MR) is 78.9 cm³/mol. The first-order valence-electron chi connectivity index (χ1n) is 6.69. The summed E-state index contributed by atoms with van der Waals surface area (Å²) in [5, 5.41) is 2.58. The summed E-state index contributed by atoms with van der Waals surface area (Å²) >= 11 is 0. The van der Waals surface area contributed by atoms with Crippen LogP contribution in [0.15, 0.2) is 17.0 Å². The van der Waals surface area contributed by atoms with Gasteiger partial charge in [0.25, 0.3) is 0 Å². The number of sulfone groups is 1. The molecule has 1 heterocycles. The number of nitrogens with one attached hydrogen (secondary N) is 1. The number of rotatable bonds is 3. The molecule has 0 atom stereocenters. The second-order valence-electron chi connectivity index (χ2n) is 5.22. The molecule has 118 valence electrons. The van der Waals surface area contributed by atoms with Crippen molar-refractivity contribution in [1.82, 2.24) is 5.32 Å². The molecule has 1 N–H and O–H groups in total. The van der Waals surface area contributed by atoms with E-state index in [1.807, 2.05) is 0 Å². The molecule has 0 unspecified atom stereocenters. The molecular weight excluding hydrogens is 322 g/mol. The van der Waals surface area contributed by atoms with E-state index in [0.29, 0.717) is 39.0 Å². The third-order valence-electron chi connectivity index (χ3n) is 3.73. The van der Waals surface area contributed by atoms with E-state index in [4.69, 9.17) is 0 Å². The lowest BCUT2D eigenvalue weighted by atomic mass is 10.2. The lowest BCUT2D eigenvalue weighted by Crippen LogP contribution is -2.44. The minimum atomic E-state index is -3.71. The number of halogens is 3. The van der Waals surface area contributed by atoms with E-state index in [9.17, 15) is 17.2 Å². The minimum Gasteiger partial charge on any atom is -0.367 e. The quantitative estimate of drug-likeness (QED) is 0.912. The van der Waals surface area contributed by atoms with Crippen molar-refractivity contribution in [3.05, 3.63) is 23.8 Å². The molecule has 0 amide bonds. The van der Waals surface area contributed by atoms with Gasteiger partial charge in [0.05, 0.1) is 10.9 Å². The third kappa shape index (κ3) is 3.14. The van der Waals surface area contributed by atoms with E-state index < -0.39 is 31.6 Å². The minimum absolute atomic E-state index is 0. The Kier molecular flexibility index (Phi) is 4.75. The first kappa shape index (κ1) is 16.5. The van der Waals surface area contributed by atoms with Gasteiger partial charge in [-0.1, -0.05) is 0 Å². The molecule has 4 nitrogen and oxygen atoms in total. The Bertz CT molecular complexity index is 629. The van der Waals surface area contributed by atoms with Gasteiger partial charge in [0.1, 0.15) is 16.5 Å². The molecule has 1 aromatic carbocycles. The maximum atomic E-state index is 14.1. The molecular formula is C13H17ClF2N2O2S. The van der Waals surface area contributed by atoms with Crippen molar-refractivity contribution in [3.63, 3.8) is 0 Å². The Morgan fingerprint density at radius 3 is 2.29 bits per heavy atom. The summed E-state index contributed by atoms with van der Waals surface area (Å²) in [5.74, 6) is -1.53. The Hall–Kier alpha value is -0.920. The molecule has 1 aliphatic carbocycles. The van der Waals surface area contributed by atoms with Gasteiger partial charge < -0.3 is 10.2 Å². The van der Waals surface area contributed by atoms with Crippen molar-refractivity contribution in [2.45, 2.75) is 23.0 Å². The van der Waals surface area contributed by atoms with Crippen LogP contribution >= 0.6 is 12.4 Å². The molecule has 2 fully saturated rings. The van der Waals surface area contributed by atoms with E-state index in [-0.39, 0.29) is 18.1 Å². The maximum Gasteiger partial charge on any atom is 0.184 e. The topological polar surface area (TPSA) is 49.4 Å². The van der Waals surface area contributed by atoms with Gasteiger partial charge in [0.15, 0.2) is 9.84 Å². The van der Waals surface area contributed by atoms with Gasteiger partial charge in [0, 0.05) is 32.2 Å². The van der Waals surface area contributed by atoms with Crippen LogP contribution in [-0.4, -0.2) is 39.8 Å². The fourth-order valence-electron chi connectivity index (χ4n) is 2.44. The smallest absolute Gasteiger partial charge is 0.184 e. The second-order valence-corrected chi connectivity index (χ2v) is 7.41. The number of hydrogen-bond acceptors (Lipinski definition) is 4. The molecule has 1 saturated carbocycles. The Balaban J connectivity index is 0.00000161. The summed E-state index contributed by atoms with van der Waals surface area (Å²) in [6, 6.07) is 1.84. The Morgan fingerprint density at radius 1 is 1.10 bits per heavy atom. The summed E-state index contributed by atoms with van der Waals surface area (Å²) in [7, 11) is -3.71. The lowest BCUT2D eigenvalue weighted by Gasteiger charge is -2.29. The van der Waals surface area contributed by atoms with Crippen LogP contribution in [-0.2, 0) is 9.84 Å². The molecule has 8 heteroatoms. The van der Waals surface area contributed by atoms with Gasteiger partial charge in [0.2, 0.25) is 0 Å². The van der Waals surface area contributed by atoms with Gasteiger partial charge in [-0.2, -0.15) is 0 Å². The van der Waals surface area contributed by atoms with Crippen LogP contribution in [0.4, 0.5) is 14.5 Å². The molecule has 1 aromatic rings. The predicted octanol–water partition coefficient (Wildman–Crippen LogP) is 1.73. The molecule has 3 rings (SSSR count). The largest absolute Gasteiger partial charge is 0.367 e. The molecule has 2 aliphatic rings. The van der Waals surface area contributed by atoms with Crippen molar-refractivity contribution in [3.8, 4) is 0 Å². The summed E-state index contributed by atoms with van der Waals surface area (Å²) in [6.45, 7) is 2.54. The highest BCUT2D eigenvalue weighted by Crippen LogP contribution is 2.36. The van der Waals surface area contributed by atoms with Gasteiger partial charge in [-0.15, -0.1) is 12.4 Å². The van der Waals surface area contributed by atoms with Crippen molar-refractivity contribution in [2.75, 3.05) is 31.1 Å². The normalized spacial score (nSPS) is 19.2. The van der Waals surface area contributed by atoms with E-state index in [1.54, 1.807) is 4.90 Å². The highest BCUT2D eigenvalue weighted by atomic mass is 35.5. The van der Waals surface area contributed by atoms with Crippen LogP contribution in [0.1, 0.15) is 12.8 Å². The molecule has 0 radical (unpaired) electrons. The summed E-state index contributed by atoms with van der Waals surface area (Å²) in [4.78, 5) is 1.22. The average molecular weight is 339 g/mol. The van der Waals surface area contributed by atoms with Crippen LogP contribution in [0.25, 0.3) is 0 Å². The summed E-state index contributed by atoms with van der Waals surface area (Å²) in [5.41, 5.74) is 0.138. The SMILES string of the molecule is Cl.O=S(=O)(c1cc(F)c(N2CCNCC2)cc1F)C1CC1. The zero-order valence-corrected chi connectivity index (χ0v) is 12.9. The van der Waals surface area contributed by atoms with E-state index in [1.165, 1.54) is 0 Å². The maximum absolute atomic E-state index is 14.1. The Morgan fingerprint density at radius 2 is 1.71 bits per heavy atom. The van der Waals surface area contributed by atoms with Crippen LogP contribution in [0.3, 0.4) is 0 Å². The number of benzene rings is 1. The number of piperazine rings is 1. The van der Waals surface area contributed by atoms with Gasteiger partial charge in [-0.3, -0.25) is 0 Å². The standard InChI is InChI=1S/C13H16F2N2O2S.ClH/c14-10-8-13(20(18,19)9-1-2-9)11(15)7-12(10)17-5-3-16-4-6-17;/h7-9,16H,1-6H2;1H. The number of nitrogens with zero attached hydrogens (tertiary/aromatic N) is 1. The Labute approximate surface area is 128 Å². The summed E-state index contributed by atoms with van der Waals surface area (Å²) in [6.07, 6.45) is 1.06. The van der Waals surface area contributed by atoms with E-state index in [0.717, 1.165) is 12.1 Å². The monoisotopic (exact) mass is 338 g/mol. The molecule has 1 saturated heterocycles. The van der Waals surface area contributed by atoms with Crippen LogP contribution < -0.4 is 10.2 Å². The highest BCUT2D eigenvalue weighted by Gasteiger charge is 2.39. The molecule has 21 heavy (non-hydrogen) atoms. The van der Waals surface area contributed by atoms with Gasteiger partial charge in [-0.05, 0) is 18.9 Å². The first-order chi connectivity index (χ1) is 9.50. The van der Waals surface area contributed by atoms with Crippen molar-refractivity contribution >= 4 is 27.9 Å². The highest BCUT2D eigenvalue weighted by molar-refractivity contribution is 7.92. The zero-order valence-electron chi connectivity index (χ0n) is 11.3. The van der Waals surface area contributed by atoms with Crippen molar-refractivity contribution in [1.29, 1.82) is 0 Å². The number of anilines is 1. The van der Waals surface area contributed by atoms with Crippen molar-refractivity contribution < 1.29 is 17.2 Å². The zero-order chi connectivity index (χ0) is 14.3. The van der Waals surface area contributed by atoms with E-state index >= 15 is 0 Å². The van der Waals surface area contributed by atoms with Gasteiger partial charge in [-0.25, -0.2) is 17.2 Å².